The summed E-state index contributed by atoms with van der Waals surface area (Å²) >= 11 is 0. The van der Waals surface area contributed by atoms with Crippen LogP contribution in [0.1, 0.15) is 55.6 Å². The standard InChI is InChI=1S/C22H21F3N6O2/c1-12(14-6-8-15(9-7-14)22(23,24)25)31-19-17(18(30-31)21-29-26-11-33-21)20(32)28-16(27-19)10-13-4-2-3-5-13/h6-9,11-13H,2-5,10H2,1H3,(H,27,28,32)/t12-/m1/s1. The van der Waals surface area contributed by atoms with Crippen molar-refractivity contribution in [2.45, 2.75) is 51.2 Å². The van der Waals surface area contributed by atoms with Crippen molar-refractivity contribution in [1.29, 1.82) is 0 Å². The number of nitrogens with zero attached hydrogens (tertiary/aromatic N) is 5. The molecule has 1 N–H and O–H groups in total. The molecule has 1 saturated carbocycles. The van der Waals surface area contributed by atoms with Gasteiger partial charge in [-0.25, -0.2) is 9.67 Å². The molecule has 8 nitrogen and oxygen atoms in total. The molecule has 0 spiro atoms. The predicted octanol–water partition coefficient (Wildman–Crippen LogP) is 4.53. The Bertz CT molecular complexity index is 1320. The number of hydrogen-bond acceptors (Lipinski definition) is 6. The van der Waals surface area contributed by atoms with Crippen LogP contribution in [-0.4, -0.2) is 29.9 Å². The van der Waals surface area contributed by atoms with E-state index in [0.29, 0.717) is 29.4 Å². The highest BCUT2D eigenvalue weighted by Crippen LogP contribution is 2.32. The summed E-state index contributed by atoms with van der Waals surface area (Å²) in [4.78, 5) is 20.6. The van der Waals surface area contributed by atoms with Crippen molar-refractivity contribution in [2.24, 2.45) is 5.92 Å². The van der Waals surface area contributed by atoms with E-state index in [1.807, 2.05) is 0 Å². The number of benzene rings is 1. The first-order valence-electron chi connectivity index (χ1n) is 10.8. The summed E-state index contributed by atoms with van der Waals surface area (Å²) in [6, 6.07) is 4.37. The Morgan fingerprint density at radius 2 is 1.94 bits per heavy atom. The predicted molar refractivity (Wildman–Crippen MR) is 112 cm³/mol. The third-order valence-corrected chi connectivity index (χ3v) is 6.22. The summed E-state index contributed by atoms with van der Waals surface area (Å²) in [5.74, 6) is 1.09. The summed E-state index contributed by atoms with van der Waals surface area (Å²) < 4.78 is 45.7. The maximum absolute atomic E-state index is 13.1. The topological polar surface area (TPSA) is 102 Å². The smallest absolute Gasteiger partial charge is 0.416 e. The SMILES string of the molecule is C[C@H](c1ccc(C(F)(F)F)cc1)n1nc(-c2nnco2)c2c(=O)[nH]c(CC3CCCC3)nc21. The van der Waals surface area contributed by atoms with Crippen LogP contribution in [0.5, 0.6) is 0 Å². The Labute approximate surface area is 185 Å². The highest BCUT2D eigenvalue weighted by Gasteiger charge is 2.31. The van der Waals surface area contributed by atoms with Crippen LogP contribution >= 0.6 is 0 Å². The average Bonchev–Trinajstić information content (AvgIpc) is 3.54. The molecule has 3 heterocycles. The van der Waals surface area contributed by atoms with E-state index in [2.05, 4.69) is 20.3 Å². The average molecular weight is 458 g/mol. The lowest BCUT2D eigenvalue weighted by Crippen LogP contribution is -2.16. The molecule has 1 fully saturated rings. The monoisotopic (exact) mass is 458 g/mol. The molecular formula is C22H21F3N6O2. The molecule has 0 amide bonds. The molecule has 4 aromatic rings. The number of halogens is 3. The van der Waals surface area contributed by atoms with Gasteiger partial charge in [-0.1, -0.05) is 37.8 Å². The number of alkyl halides is 3. The minimum absolute atomic E-state index is 0.0641. The van der Waals surface area contributed by atoms with Crippen LogP contribution in [0.4, 0.5) is 13.2 Å². The Morgan fingerprint density at radius 3 is 2.58 bits per heavy atom. The Kier molecular flexibility index (Phi) is 5.26. The van der Waals surface area contributed by atoms with Crippen molar-refractivity contribution < 1.29 is 17.6 Å². The Hall–Kier alpha value is -3.50. The van der Waals surface area contributed by atoms with Crippen molar-refractivity contribution in [3.63, 3.8) is 0 Å². The van der Waals surface area contributed by atoms with Gasteiger partial charge in [-0.05, 0) is 30.5 Å². The first kappa shape index (κ1) is 21.4. The number of aromatic nitrogens is 6. The molecule has 1 aliphatic carbocycles. The lowest BCUT2D eigenvalue weighted by Gasteiger charge is -2.15. The lowest BCUT2D eigenvalue weighted by molar-refractivity contribution is -0.137. The molecule has 172 valence electrons. The van der Waals surface area contributed by atoms with E-state index in [9.17, 15) is 18.0 Å². The number of fused-ring (bicyclic) bond motifs is 1. The van der Waals surface area contributed by atoms with Crippen molar-refractivity contribution in [1.82, 2.24) is 29.9 Å². The number of hydrogen-bond donors (Lipinski definition) is 1. The number of rotatable bonds is 5. The van der Waals surface area contributed by atoms with Gasteiger partial charge in [-0.15, -0.1) is 10.2 Å². The van der Waals surface area contributed by atoms with Crippen LogP contribution in [0.3, 0.4) is 0 Å². The van der Waals surface area contributed by atoms with E-state index >= 15 is 0 Å². The third-order valence-electron chi connectivity index (χ3n) is 6.22. The Balaban J connectivity index is 1.62. The normalized spacial score (nSPS) is 16.0. The van der Waals surface area contributed by atoms with Crippen molar-refractivity contribution in [2.75, 3.05) is 0 Å². The van der Waals surface area contributed by atoms with Crippen LogP contribution in [0.2, 0.25) is 0 Å². The summed E-state index contributed by atoms with van der Waals surface area (Å²) in [5, 5.41) is 12.3. The highest BCUT2D eigenvalue weighted by molar-refractivity contribution is 5.88. The van der Waals surface area contributed by atoms with Gasteiger partial charge < -0.3 is 9.40 Å². The maximum atomic E-state index is 13.1. The van der Waals surface area contributed by atoms with Gasteiger partial charge in [-0.2, -0.15) is 18.3 Å². The van der Waals surface area contributed by atoms with E-state index in [1.54, 1.807) is 6.92 Å². The fraction of sp³-hybridized carbons (Fsp3) is 0.409. The zero-order valence-electron chi connectivity index (χ0n) is 17.8. The fourth-order valence-electron chi connectivity index (χ4n) is 4.46. The van der Waals surface area contributed by atoms with Gasteiger partial charge in [0.15, 0.2) is 11.3 Å². The molecule has 0 unspecified atom stereocenters. The second-order valence-corrected chi connectivity index (χ2v) is 8.40. The summed E-state index contributed by atoms with van der Waals surface area (Å²) in [5.41, 5.74) is -0.00511. The maximum Gasteiger partial charge on any atom is 0.416 e. The van der Waals surface area contributed by atoms with Crippen LogP contribution < -0.4 is 5.56 Å². The van der Waals surface area contributed by atoms with Crippen LogP contribution in [-0.2, 0) is 12.6 Å². The number of H-pyrrole nitrogens is 1. The van der Waals surface area contributed by atoms with E-state index in [1.165, 1.54) is 29.7 Å². The zero-order chi connectivity index (χ0) is 23.2. The second kappa shape index (κ2) is 8.13. The van der Waals surface area contributed by atoms with Crippen molar-refractivity contribution >= 4 is 11.0 Å². The quantitative estimate of drug-likeness (QED) is 0.471. The lowest BCUT2D eigenvalue weighted by atomic mass is 10.0. The van der Waals surface area contributed by atoms with Gasteiger partial charge in [-0.3, -0.25) is 4.79 Å². The van der Waals surface area contributed by atoms with Gasteiger partial charge in [0.1, 0.15) is 11.2 Å². The summed E-state index contributed by atoms with van der Waals surface area (Å²) in [6.07, 6.45) is 1.89. The van der Waals surface area contributed by atoms with E-state index < -0.39 is 17.8 Å². The molecule has 33 heavy (non-hydrogen) atoms. The highest BCUT2D eigenvalue weighted by atomic mass is 19.4. The molecule has 5 rings (SSSR count). The minimum Gasteiger partial charge on any atom is -0.422 e. The largest absolute Gasteiger partial charge is 0.422 e. The zero-order valence-corrected chi connectivity index (χ0v) is 17.8. The van der Waals surface area contributed by atoms with E-state index in [-0.39, 0.29) is 22.5 Å². The van der Waals surface area contributed by atoms with Crippen LogP contribution in [0.15, 0.2) is 39.9 Å². The molecule has 11 heteroatoms. The molecule has 1 aromatic carbocycles. The molecule has 0 bridgehead atoms. The molecule has 1 aliphatic rings. The van der Waals surface area contributed by atoms with E-state index in [4.69, 9.17) is 9.40 Å². The summed E-state index contributed by atoms with van der Waals surface area (Å²) in [7, 11) is 0. The molecule has 3 aromatic heterocycles. The molecule has 0 aliphatic heterocycles. The van der Waals surface area contributed by atoms with Gasteiger partial charge >= 0.3 is 6.18 Å². The van der Waals surface area contributed by atoms with E-state index in [0.717, 1.165) is 31.4 Å². The Morgan fingerprint density at radius 1 is 1.21 bits per heavy atom. The van der Waals surface area contributed by atoms with Crippen molar-refractivity contribution in [3.8, 4) is 11.6 Å². The number of aromatic amines is 1. The summed E-state index contributed by atoms with van der Waals surface area (Å²) in [6.45, 7) is 1.78. The van der Waals surface area contributed by atoms with Crippen LogP contribution in [0.25, 0.3) is 22.6 Å². The molecule has 0 saturated heterocycles. The molecular weight excluding hydrogens is 437 g/mol. The van der Waals surface area contributed by atoms with Gasteiger partial charge in [0.25, 0.3) is 11.4 Å². The first-order chi connectivity index (χ1) is 15.8. The van der Waals surface area contributed by atoms with Gasteiger partial charge in [0.2, 0.25) is 6.39 Å². The van der Waals surface area contributed by atoms with Gasteiger partial charge in [0, 0.05) is 6.42 Å². The number of nitrogens with one attached hydrogen (secondary N) is 1. The fourth-order valence-corrected chi connectivity index (χ4v) is 4.46. The van der Waals surface area contributed by atoms with Gasteiger partial charge in [0.05, 0.1) is 11.6 Å². The van der Waals surface area contributed by atoms with Crippen LogP contribution in [0, 0.1) is 5.92 Å². The second-order valence-electron chi connectivity index (χ2n) is 8.40. The third kappa shape index (κ3) is 4.03. The molecule has 0 radical (unpaired) electrons. The molecule has 1 atom stereocenters. The minimum atomic E-state index is -4.42. The van der Waals surface area contributed by atoms with Crippen molar-refractivity contribution in [3.05, 3.63) is 58.0 Å². The first-order valence-corrected chi connectivity index (χ1v) is 10.8.